The molecule has 1 heterocycles. The molecule has 0 aliphatic heterocycles. The van der Waals surface area contributed by atoms with Gasteiger partial charge in [0.15, 0.2) is 0 Å². The maximum absolute atomic E-state index is 6.47. The lowest BCUT2D eigenvalue weighted by atomic mass is 9.80. The zero-order chi connectivity index (χ0) is 12.5. The fourth-order valence-corrected chi connectivity index (χ4v) is 4.28. The van der Waals surface area contributed by atoms with Crippen LogP contribution in [-0.2, 0) is 6.42 Å². The van der Waals surface area contributed by atoms with E-state index in [2.05, 4.69) is 31.2 Å². The number of hydrogen-bond donors (Lipinski definition) is 0. The van der Waals surface area contributed by atoms with Crippen LogP contribution in [0.2, 0.25) is 0 Å². The standard InChI is InChI=1S/C15H18ClNS/c1-10-6-7-12(16)11(8-10)9-15-17-13-4-2-3-5-14(13)18-15/h2-5,10-12H,6-9H2,1H3. The zero-order valence-electron chi connectivity index (χ0n) is 10.6. The Balaban J connectivity index is 1.78. The average molecular weight is 280 g/mol. The third kappa shape index (κ3) is 2.55. The van der Waals surface area contributed by atoms with Gasteiger partial charge in [-0.2, -0.15) is 0 Å². The number of nitrogens with zero attached hydrogens (tertiary/aromatic N) is 1. The third-order valence-corrected chi connectivity index (χ3v) is 5.56. The van der Waals surface area contributed by atoms with E-state index in [0.29, 0.717) is 11.3 Å². The molecular weight excluding hydrogens is 262 g/mol. The summed E-state index contributed by atoms with van der Waals surface area (Å²) in [5, 5.41) is 1.59. The summed E-state index contributed by atoms with van der Waals surface area (Å²) >= 11 is 8.30. The van der Waals surface area contributed by atoms with Crippen molar-refractivity contribution in [3.63, 3.8) is 0 Å². The van der Waals surface area contributed by atoms with Crippen molar-refractivity contribution in [2.24, 2.45) is 11.8 Å². The molecule has 96 valence electrons. The van der Waals surface area contributed by atoms with Gasteiger partial charge in [0.1, 0.15) is 0 Å². The van der Waals surface area contributed by atoms with Crippen molar-refractivity contribution in [2.75, 3.05) is 0 Å². The number of rotatable bonds is 2. The van der Waals surface area contributed by atoms with Gasteiger partial charge >= 0.3 is 0 Å². The zero-order valence-corrected chi connectivity index (χ0v) is 12.2. The van der Waals surface area contributed by atoms with Crippen LogP contribution in [0.3, 0.4) is 0 Å². The Morgan fingerprint density at radius 2 is 2.17 bits per heavy atom. The van der Waals surface area contributed by atoms with E-state index in [-0.39, 0.29) is 0 Å². The highest BCUT2D eigenvalue weighted by Crippen LogP contribution is 2.35. The molecule has 3 unspecified atom stereocenters. The SMILES string of the molecule is CC1CCC(Cl)C(Cc2nc3ccccc3s2)C1. The van der Waals surface area contributed by atoms with Gasteiger partial charge in [0.2, 0.25) is 0 Å². The molecular formula is C15H18ClNS. The van der Waals surface area contributed by atoms with Gasteiger partial charge in [-0.05, 0) is 43.2 Å². The number of alkyl halides is 1. The van der Waals surface area contributed by atoms with E-state index in [9.17, 15) is 0 Å². The highest BCUT2D eigenvalue weighted by Gasteiger charge is 2.27. The van der Waals surface area contributed by atoms with Gasteiger partial charge in [0, 0.05) is 11.8 Å². The average Bonchev–Trinajstić information content (AvgIpc) is 2.76. The summed E-state index contributed by atoms with van der Waals surface area (Å²) in [6.07, 6.45) is 4.75. The Labute approximate surface area is 117 Å². The number of hydrogen-bond acceptors (Lipinski definition) is 2. The van der Waals surface area contributed by atoms with Crippen molar-refractivity contribution in [3.05, 3.63) is 29.3 Å². The van der Waals surface area contributed by atoms with Gasteiger partial charge in [0.25, 0.3) is 0 Å². The van der Waals surface area contributed by atoms with E-state index in [1.807, 2.05) is 11.3 Å². The maximum Gasteiger partial charge on any atom is 0.0941 e. The van der Waals surface area contributed by atoms with Gasteiger partial charge in [-0.1, -0.05) is 19.1 Å². The summed E-state index contributed by atoms with van der Waals surface area (Å²) in [5.41, 5.74) is 1.13. The van der Waals surface area contributed by atoms with Crippen LogP contribution < -0.4 is 0 Å². The Bertz CT molecular complexity index is 503. The van der Waals surface area contributed by atoms with Crippen LogP contribution >= 0.6 is 22.9 Å². The third-order valence-electron chi connectivity index (χ3n) is 3.93. The van der Waals surface area contributed by atoms with Crippen molar-refractivity contribution in [1.29, 1.82) is 0 Å². The number of para-hydroxylation sites is 1. The molecule has 3 rings (SSSR count). The molecule has 0 saturated heterocycles. The number of benzene rings is 1. The van der Waals surface area contributed by atoms with Crippen LogP contribution in [0.5, 0.6) is 0 Å². The summed E-state index contributed by atoms with van der Waals surface area (Å²) in [6.45, 7) is 2.34. The van der Waals surface area contributed by atoms with Crippen LogP contribution in [0.25, 0.3) is 10.2 Å². The normalized spacial score (nSPS) is 28.7. The second kappa shape index (κ2) is 5.18. The number of aromatic nitrogens is 1. The minimum atomic E-state index is 0.341. The van der Waals surface area contributed by atoms with Gasteiger partial charge in [-0.15, -0.1) is 22.9 Å². The molecule has 1 aliphatic rings. The summed E-state index contributed by atoms with van der Waals surface area (Å²) in [7, 11) is 0. The topological polar surface area (TPSA) is 12.9 Å². The van der Waals surface area contributed by atoms with Crippen LogP contribution in [0, 0.1) is 11.8 Å². The molecule has 1 saturated carbocycles. The second-order valence-electron chi connectivity index (χ2n) is 5.47. The number of halogens is 1. The Morgan fingerprint density at radius 1 is 1.33 bits per heavy atom. The Morgan fingerprint density at radius 3 is 3.00 bits per heavy atom. The minimum Gasteiger partial charge on any atom is -0.241 e. The molecule has 1 aromatic heterocycles. The fraction of sp³-hybridized carbons (Fsp3) is 0.533. The predicted octanol–water partition coefficient (Wildman–Crippen LogP) is 4.88. The summed E-state index contributed by atoms with van der Waals surface area (Å²) in [6, 6.07) is 8.38. The van der Waals surface area contributed by atoms with Crippen LogP contribution in [-0.4, -0.2) is 10.4 Å². The van der Waals surface area contributed by atoms with Crippen molar-refractivity contribution in [2.45, 2.75) is 38.0 Å². The first-order chi connectivity index (χ1) is 8.72. The van der Waals surface area contributed by atoms with E-state index in [4.69, 9.17) is 16.6 Å². The molecule has 0 N–H and O–H groups in total. The first-order valence-electron chi connectivity index (χ1n) is 6.71. The van der Waals surface area contributed by atoms with Crippen molar-refractivity contribution < 1.29 is 0 Å². The number of thiazole rings is 1. The van der Waals surface area contributed by atoms with Crippen LogP contribution in [0.15, 0.2) is 24.3 Å². The molecule has 3 heteroatoms. The van der Waals surface area contributed by atoms with E-state index < -0.39 is 0 Å². The Kier molecular flexibility index (Phi) is 3.58. The minimum absolute atomic E-state index is 0.341. The van der Waals surface area contributed by atoms with E-state index in [1.54, 1.807) is 0 Å². The largest absolute Gasteiger partial charge is 0.241 e. The molecule has 1 aromatic carbocycles. The maximum atomic E-state index is 6.47. The van der Waals surface area contributed by atoms with Crippen LogP contribution in [0.4, 0.5) is 0 Å². The molecule has 18 heavy (non-hydrogen) atoms. The van der Waals surface area contributed by atoms with E-state index in [0.717, 1.165) is 24.3 Å². The molecule has 2 aromatic rings. The summed E-state index contributed by atoms with van der Waals surface area (Å²) < 4.78 is 1.29. The van der Waals surface area contributed by atoms with Gasteiger partial charge < -0.3 is 0 Å². The smallest absolute Gasteiger partial charge is 0.0941 e. The molecule has 0 spiro atoms. The second-order valence-corrected chi connectivity index (χ2v) is 7.15. The highest BCUT2D eigenvalue weighted by atomic mass is 35.5. The highest BCUT2D eigenvalue weighted by molar-refractivity contribution is 7.18. The first-order valence-corrected chi connectivity index (χ1v) is 7.96. The summed E-state index contributed by atoms with van der Waals surface area (Å²) in [4.78, 5) is 4.73. The van der Waals surface area contributed by atoms with E-state index in [1.165, 1.54) is 22.5 Å². The van der Waals surface area contributed by atoms with Gasteiger partial charge in [-0.3, -0.25) is 0 Å². The van der Waals surface area contributed by atoms with Crippen LogP contribution in [0.1, 0.15) is 31.2 Å². The Hall–Kier alpha value is -0.600. The van der Waals surface area contributed by atoms with E-state index >= 15 is 0 Å². The van der Waals surface area contributed by atoms with Crippen molar-refractivity contribution in [3.8, 4) is 0 Å². The van der Waals surface area contributed by atoms with Crippen molar-refractivity contribution in [1.82, 2.24) is 4.98 Å². The predicted molar refractivity (Wildman–Crippen MR) is 79.5 cm³/mol. The molecule has 0 amide bonds. The lowest BCUT2D eigenvalue weighted by molar-refractivity contribution is 0.287. The fourth-order valence-electron chi connectivity index (χ4n) is 2.90. The lowest BCUT2D eigenvalue weighted by Gasteiger charge is -2.30. The molecule has 3 atom stereocenters. The summed E-state index contributed by atoms with van der Waals surface area (Å²) in [5.74, 6) is 1.43. The van der Waals surface area contributed by atoms with Crippen molar-refractivity contribution >= 4 is 33.2 Å². The molecule has 1 nitrogen and oxygen atoms in total. The molecule has 0 radical (unpaired) electrons. The van der Waals surface area contributed by atoms with Gasteiger partial charge in [0.05, 0.1) is 15.2 Å². The number of fused-ring (bicyclic) bond motifs is 1. The van der Waals surface area contributed by atoms with Gasteiger partial charge in [-0.25, -0.2) is 4.98 Å². The first kappa shape index (κ1) is 12.4. The monoisotopic (exact) mass is 279 g/mol. The lowest BCUT2D eigenvalue weighted by Crippen LogP contribution is -2.25. The molecule has 1 aliphatic carbocycles. The molecule has 1 fully saturated rings. The molecule has 0 bridgehead atoms. The quantitative estimate of drug-likeness (QED) is 0.714.